The average molecular weight is 522 g/mol. The lowest BCUT2D eigenvalue weighted by Gasteiger charge is -2.15. The van der Waals surface area contributed by atoms with Crippen molar-refractivity contribution in [2.45, 2.75) is 26.1 Å². The summed E-state index contributed by atoms with van der Waals surface area (Å²) in [5, 5.41) is 1.21. The van der Waals surface area contributed by atoms with Gasteiger partial charge in [-0.25, -0.2) is 9.78 Å². The molecule has 3 aromatic heterocycles. The summed E-state index contributed by atoms with van der Waals surface area (Å²) in [7, 11) is 0. The molecule has 2 unspecified atom stereocenters. The van der Waals surface area contributed by atoms with Crippen LogP contribution in [0.2, 0.25) is 10.0 Å². The van der Waals surface area contributed by atoms with Gasteiger partial charge in [-0.2, -0.15) is 4.98 Å². The number of carbonyl (C=O) groups is 1. The Kier molecular flexibility index (Phi) is 6.67. The molecule has 0 saturated carbocycles. The van der Waals surface area contributed by atoms with Crippen LogP contribution in [-0.2, 0) is 4.74 Å². The molecule has 0 fully saturated rings. The van der Waals surface area contributed by atoms with Gasteiger partial charge in [0.2, 0.25) is 11.6 Å². The molecule has 0 radical (unpaired) electrons. The summed E-state index contributed by atoms with van der Waals surface area (Å²) in [5.41, 5.74) is 2.84. The monoisotopic (exact) mass is 521 g/mol. The highest BCUT2D eigenvalue weighted by Crippen LogP contribution is 2.33. The first-order valence-electron chi connectivity index (χ1n) is 11.2. The number of hydrogen-bond donors (Lipinski definition) is 0. The second kappa shape index (κ2) is 10.0. The molecule has 2 aromatic carbocycles. The lowest BCUT2D eigenvalue weighted by molar-refractivity contribution is 0.0320. The van der Waals surface area contributed by atoms with E-state index in [1.807, 2.05) is 47.9 Å². The molecule has 9 heteroatoms. The van der Waals surface area contributed by atoms with Gasteiger partial charge in [-0.05, 0) is 61.4 Å². The van der Waals surface area contributed by atoms with Crippen LogP contribution in [0.5, 0.6) is 5.95 Å². The van der Waals surface area contributed by atoms with Gasteiger partial charge in [0.25, 0.3) is 0 Å². The third-order valence-corrected chi connectivity index (χ3v) is 6.18. The molecule has 2 atom stereocenters. The largest absolute Gasteiger partial charge is 0.455 e. The molecule has 0 aliphatic rings. The first kappa shape index (κ1) is 23.9. The molecule has 0 N–H and O–H groups in total. The van der Waals surface area contributed by atoms with Crippen molar-refractivity contribution < 1.29 is 18.7 Å². The summed E-state index contributed by atoms with van der Waals surface area (Å²) in [4.78, 5) is 22.1. The van der Waals surface area contributed by atoms with E-state index in [0.717, 1.165) is 11.1 Å². The van der Waals surface area contributed by atoms with Crippen molar-refractivity contribution in [3.63, 3.8) is 0 Å². The van der Waals surface area contributed by atoms with E-state index in [-0.39, 0.29) is 17.5 Å². The number of hydrogen-bond acceptors (Lipinski definition) is 6. The molecule has 182 valence electrons. The van der Waals surface area contributed by atoms with Crippen molar-refractivity contribution in [3.05, 3.63) is 106 Å². The quantitative estimate of drug-likeness (QED) is 0.208. The van der Waals surface area contributed by atoms with Crippen LogP contribution in [0.15, 0.2) is 83.5 Å². The number of imidazole rings is 1. The van der Waals surface area contributed by atoms with Gasteiger partial charge in [-0.1, -0.05) is 53.5 Å². The minimum Gasteiger partial charge on any atom is -0.455 e. The summed E-state index contributed by atoms with van der Waals surface area (Å²) in [6.07, 6.45) is 2.45. The fraction of sp³-hybridized carbons (Fsp3) is 0.148. The highest BCUT2D eigenvalue weighted by molar-refractivity contribution is 6.30. The van der Waals surface area contributed by atoms with E-state index in [9.17, 15) is 4.79 Å². The van der Waals surface area contributed by atoms with Gasteiger partial charge in [-0.15, -0.1) is 0 Å². The maximum atomic E-state index is 13.2. The number of oxazole rings is 1. The topological polar surface area (TPSA) is 78.9 Å². The van der Waals surface area contributed by atoms with Gasteiger partial charge in [-0.3, -0.25) is 4.40 Å². The predicted octanol–water partition coefficient (Wildman–Crippen LogP) is 7.35. The minimum atomic E-state index is -0.681. The number of ether oxygens (including phenoxy) is 2. The number of halogens is 2. The molecule has 0 saturated heterocycles. The van der Waals surface area contributed by atoms with E-state index in [0.29, 0.717) is 21.4 Å². The zero-order chi connectivity index (χ0) is 25.2. The number of rotatable bonds is 7. The number of fused-ring (bicyclic) bond motifs is 1. The summed E-state index contributed by atoms with van der Waals surface area (Å²) in [6, 6.07) is 19.9. The Hall–Kier alpha value is -3.81. The summed E-state index contributed by atoms with van der Waals surface area (Å²) in [6.45, 7) is 3.61. The number of carbonyl (C=O) groups excluding carboxylic acids is 1. The van der Waals surface area contributed by atoms with Crippen molar-refractivity contribution in [2.75, 3.05) is 0 Å². The molecule has 0 amide bonds. The van der Waals surface area contributed by atoms with Crippen molar-refractivity contribution >= 4 is 34.8 Å². The lowest BCUT2D eigenvalue weighted by atomic mass is 10.1. The smallest absolute Gasteiger partial charge is 0.365 e. The van der Waals surface area contributed by atoms with E-state index in [1.165, 1.54) is 0 Å². The third-order valence-electron chi connectivity index (χ3n) is 5.67. The Morgan fingerprint density at radius 1 is 0.917 bits per heavy atom. The second-order valence-electron chi connectivity index (χ2n) is 8.14. The number of aromatic nitrogens is 3. The molecule has 7 nitrogen and oxygen atoms in total. The summed E-state index contributed by atoms with van der Waals surface area (Å²) < 4.78 is 19.5. The first-order valence-corrected chi connectivity index (χ1v) is 12.0. The minimum absolute atomic E-state index is 0.0494. The molecule has 0 aliphatic carbocycles. The standard InChI is InChI=1S/C27H21Cl2N3O4/c1-16(18-6-10-20(28)11-7-18)34-26(33)24-27(35-17(2)19-8-12-21(29)13-9-19)36-25(31-24)22-15-30-23-5-3-4-14-32(22)23/h3-17H,1-2H3. The van der Waals surface area contributed by atoms with Crippen LogP contribution in [0.1, 0.15) is 47.7 Å². The summed E-state index contributed by atoms with van der Waals surface area (Å²) in [5.74, 6) is -0.552. The van der Waals surface area contributed by atoms with Gasteiger partial charge >= 0.3 is 11.9 Å². The third kappa shape index (κ3) is 4.94. The second-order valence-corrected chi connectivity index (χ2v) is 9.01. The van der Waals surface area contributed by atoms with Crippen LogP contribution in [0, 0.1) is 0 Å². The van der Waals surface area contributed by atoms with Crippen molar-refractivity contribution in [1.29, 1.82) is 0 Å². The Bertz CT molecular complexity index is 1510. The fourth-order valence-electron chi connectivity index (χ4n) is 3.70. The van der Waals surface area contributed by atoms with Gasteiger partial charge < -0.3 is 13.9 Å². The number of benzene rings is 2. The van der Waals surface area contributed by atoms with Crippen molar-refractivity contribution in [2.24, 2.45) is 0 Å². The normalized spacial score (nSPS) is 12.9. The van der Waals surface area contributed by atoms with E-state index in [4.69, 9.17) is 37.1 Å². The number of nitrogens with zero attached hydrogens (tertiary/aromatic N) is 3. The van der Waals surface area contributed by atoms with Crippen molar-refractivity contribution in [3.8, 4) is 17.5 Å². The Morgan fingerprint density at radius 2 is 1.56 bits per heavy atom. The molecule has 5 aromatic rings. The van der Waals surface area contributed by atoms with Crippen LogP contribution >= 0.6 is 23.2 Å². The highest BCUT2D eigenvalue weighted by Gasteiger charge is 2.28. The Balaban J connectivity index is 1.48. The molecule has 36 heavy (non-hydrogen) atoms. The molecule has 0 spiro atoms. The first-order chi connectivity index (χ1) is 17.4. The highest BCUT2D eigenvalue weighted by atomic mass is 35.5. The zero-order valence-corrected chi connectivity index (χ0v) is 20.9. The number of pyridine rings is 1. The molecule has 0 bridgehead atoms. The lowest BCUT2D eigenvalue weighted by Crippen LogP contribution is -2.12. The van der Waals surface area contributed by atoms with E-state index >= 15 is 0 Å². The molecular formula is C27H21Cl2N3O4. The summed E-state index contributed by atoms with van der Waals surface area (Å²) >= 11 is 12.0. The van der Waals surface area contributed by atoms with E-state index in [2.05, 4.69) is 9.97 Å². The Morgan fingerprint density at radius 3 is 2.22 bits per heavy atom. The molecular weight excluding hydrogens is 501 g/mol. The van der Waals surface area contributed by atoms with Crippen LogP contribution in [0.4, 0.5) is 0 Å². The molecule has 0 aliphatic heterocycles. The van der Waals surface area contributed by atoms with Crippen molar-refractivity contribution in [1.82, 2.24) is 14.4 Å². The van der Waals surface area contributed by atoms with Crippen LogP contribution < -0.4 is 4.74 Å². The average Bonchev–Trinajstić information content (AvgIpc) is 3.49. The maximum Gasteiger partial charge on any atom is 0.365 e. The Labute approximate surface area is 217 Å². The molecule has 3 heterocycles. The predicted molar refractivity (Wildman–Crippen MR) is 136 cm³/mol. The van der Waals surface area contributed by atoms with Crippen LogP contribution in [-0.4, -0.2) is 20.3 Å². The SMILES string of the molecule is CC(OC(=O)c1nc(-c2cnc3ccccn23)oc1OC(C)c1ccc(Cl)cc1)c1ccc(Cl)cc1. The number of esters is 1. The van der Waals surface area contributed by atoms with E-state index < -0.39 is 18.2 Å². The van der Waals surface area contributed by atoms with Crippen LogP contribution in [0.3, 0.4) is 0 Å². The maximum absolute atomic E-state index is 13.2. The van der Waals surface area contributed by atoms with Gasteiger partial charge in [0.15, 0.2) is 0 Å². The van der Waals surface area contributed by atoms with E-state index in [1.54, 1.807) is 49.5 Å². The van der Waals surface area contributed by atoms with Crippen LogP contribution in [0.25, 0.3) is 17.2 Å². The van der Waals surface area contributed by atoms with Gasteiger partial charge in [0.1, 0.15) is 23.5 Å². The fourth-order valence-corrected chi connectivity index (χ4v) is 3.95. The zero-order valence-electron chi connectivity index (χ0n) is 19.4. The van der Waals surface area contributed by atoms with Gasteiger partial charge in [0, 0.05) is 16.2 Å². The van der Waals surface area contributed by atoms with Gasteiger partial charge in [0.05, 0.1) is 6.20 Å². The molecule has 5 rings (SSSR count).